The van der Waals surface area contributed by atoms with E-state index < -0.39 is 0 Å². The van der Waals surface area contributed by atoms with E-state index in [1.165, 1.54) is 24.5 Å². The molecule has 6 nitrogen and oxygen atoms in total. The zero-order valence-corrected chi connectivity index (χ0v) is 13.0. The van der Waals surface area contributed by atoms with E-state index in [0.717, 1.165) is 17.1 Å². The molecule has 1 aliphatic heterocycles. The van der Waals surface area contributed by atoms with Crippen LogP contribution >= 0.6 is 0 Å². The standard InChI is InChI=1S/C17H18N2O4/c1-17(2,13-3-4-14-15(9-13)23-11-22-14)10-18-16(20)12-5-7-19(21)8-6-12/h3-9H,10-11H2,1-2H3,(H,18,20). The number of benzene rings is 1. The Bertz CT molecular complexity index is 726. The average Bonchev–Trinajstić information content (AvgIpc) is 3.01. The number of aromatic nitrogens is 1. The van der Waals surface area contributed by atoms with Gasteiger partial charge in [0.1, 0.15) is 0 Å². The Kier molecular flexibility index (Phi) is 3.82. The average molecular weight is 314 g/mol. The second-order valence-electron chi connectivity index (χ2n) is 6.08. The van der Waals surface area contributed by atoms with Crippen LogP contribution in [0.5, 0.6) is 11.5 Å². The van der Waals surface area contributed by atoms with E-state index >= 15 is 0 Å². The first-order valence-corrected chi connectivity index (χ1v) is 7.33. The fraction of sp³-hybridized carbons (Fsp3) is 0.294. The number of carbonyl (C=O) groups excluding carboxylic acids is 1. The molecular weight excluding hydrogens is 296 g/mol. The van der Waals surface area contributed by atoms with Gasteiger partial charge in [-0.3, -0.25) is 4.79 Å². The first-order chi connectivity index (χ1) is 11.0. The zero-order chi connectivity index (χ0) is 16.4. The molecular formula is C17H18N2O4. The van der Waals surface area contributed by atoms with Crippen molar-refractivity contribution < 1.29 is 19.0 Å². The number of pyridine rings is 1. The monoisotopic (exact) mass is 314 g/mol. The molecule has 0 atom stereocenters. The highest BCUT2D eigenvalue weighted by Crippen LogP contribution is 2.36. The van der Waals surface area contributed by atoms with Crippen molar-refractivity contribution in [1.29, 1.82) is 0 Å². The third-order valence-corrected chi connectivity index (χ3v) is 3.91. The van der Waals surface area contributed by atoms with Crippen LogP contribution in [0.4, 0.5) is 0 Å². The SMILES string of the molecule is CC(C)(CNC(=O)c1cc[n+]([O-])cc1)c1ccc2c(c1)OCO2. The smallest absolute Gasteiger partial charge is 0.251 e. The summed E-state index contributed by atoms with van der Waals surface area (Å²) in [6.07, 6.45) is 2.61. The molecule has 0 spiro atoms. The minimum atomic E-state index is -0.274. The molecule has 2 heterocycles. The number of hydrogen-bond acceptors (Lipinski definition) is 4. The summed E-state index contributed by atoms with van der Waals surface area (Å²) in [4.78, 5) is 12.2. The van der Waals surface area contributed by atoms with Gasteiger partial charge in [0.15, 0.2) is 23.9 Å². The lowest BCUT2D eigenvalue weighted by Gasteiger charge is -2.26. The van der Waals surface area contributed by atoms with Gasteiger partial charge in [0, 0.05) is 24.1 Å². The van der Waals surface area contributed by atoms with Crippen LogP contribution in [0.2, 0.25) is 0 Å². The highest BCUT2D eigenvalue weighted by molar-refractivity contribution is 5.93. The van der Waals surface area contributed by atoms with E-state index in [2.05, 4.69) is 5.32 Å². The van der Waals surface area contributed by atoms with Crippen molar-refractivity contribution in [3.05, 3.63) is 59.1 Å². The Morgan fingerprint density at radius 3 is 2.65 bits per heavy atom. The molecule has 0 aliphatic carbocycles. The van der Waals surface area contributed by atoms with Crippen LogP contribution in [0.25, 0.3) is 0 Å². The summed E-state index contributed by atoms with van der Waals surface area (Å²) < 4.78 is 11.4. The van der Waals surface area contributed by atoms with Gasteiger partial charge in [0.2, 0.25) is 6.79 Å². The fourth-order valence-corrected chi connectivity index (χ4v) is 2.39. The van der Waals surface area contributed by atoms with Gasteiger partial charge in [-0.2, -0.15) is 4.73 Å². The zero-order valence-electron chi connectivity index (χ0n) is 13.0. The number of nitrogens with one attached hydrogen (secondary N) is 1. The van der Waals surface area contributed by atoms with Crippen LogP contribution in [0.1, 0.15) is 29.8 Å². The summed E-state index contributed by atoms with van der Waals surface area (Å²) in [5.74, 6) is 1.26. The van der Waals surface area contributed by atoms with E-state index in [-0.39, 0.29) is 18.1 Å². The van der Waals surface area contributed by atoms with Gasteiger partial charge < -0.3 is 20.0 Å². The van der Waals surface area contributed by atoms with E-state index in [0.29, 0.717) is 16.8 Å². The first-order valence-electron chi connectivity index (χ1n) is 7.33. The lowest BCUT2D eigenvalue weighted by atomic mass is 9.84. The molecule has 0 saturated carbocycles. The largest absolute Gasteiger partial charge is 0.619 e. The van der Waals surface area contributed by atoms with Gasteiger partial charge >= 0.3 is 0 Å². The molecule has 120 valence electrons. The van der Waals surface area contributed by atoms with Gasteiger partial charge in [-0.25, -0.2) is 0 Å². The lowest BCUT2D eigenvalue weighted by molar-refractivity contribution is -0.605. The number of rotatable bonds is 4. The topological polar surface area (TPSA) is 74.5 Å². The second-order valence-corrected chi connectivity index (χ2v) is 6.08. The third kappa shape index (κ3) is 3.21. The number of fused-ring (bicyclic) bond motifs is 1. The first kappa shape index (κ1) is 15.1. The van der Waals surface area contributed by atoms with Crippen molar-refractivity contribution in [2.75, 3.05) is 13.3 Å². The molecule has 23 heavy (non-hydrogen) atoms. The molecule has 0 fully saturated rings. The van der Waals surface area contributed by atoms with Crippen LogP contribution in [0.3, 0.4) is 0 Å². The van der Waals surface area contributed by atoms with Crippen LogP contribution in [-0.2, 0) is 5.41 Å². The van der Waals surface area contributed by atoms with E-state index in [9.17, 15) is 10.0 Å². The summed E-state index contributed by atoms with van der Waals surface area (Å²) in [5.41, 5.74) is 1.23. The minimum absolute atomic E-state index is 0.209. The molecule has 0 bridgehead atoms. The maximum atomic E-state index is 12.2. The van der Waals surface area contributed by atoms with Crippen LogP contribution in [0.15, 0.2) is 42.7 Å². The maximum Gasteiger partial charge on any atom is 0.251 e. The summed E-state index contributed by atoms with van der Waals surface area (Å²) in [6, 6.07) is 8.79. The van der Waals surface area contributed by atoms with Crippen molar-refractivity contribution in [2.45, 2.75) is 19.3 Å². The molecule has 1 amide bonds. The fourth-order valence-electron chi connectivity index (χ4n) is 2.39. The van der Waals surface area contributed by atoms with E-state index in [1.807, 2.05) is 32.0 Å². The highest BCUT2D eigenvalue weighted by Gasteiger charge is 2.25. The molecule has 6 heteroatoms. The Morgan fingerprint density at radius 1 is 1.22 bits per heavy atom. The molecule has 0 saturated heterocycles. The lowest BCUT2D eigenvalue weighted by Crippen LogP contribution is -2.37. The van der Waals surface area contributed by atoms with E-state index in [4.69, 9.17) is 9.47 Å². The Hall–Kier alpha value is -2.76. The summed E-state index contributed by atoms with van der Waals surface area (Å²) in [7, 11) is 0. The number of amides is 1. The van der Waals surface area contributed by atoms with Crippen molar-refractivity contribution in [1.82, 2.24) is 5.32 Å². The second kappa shape index (κ2) is 5.79. The molecule has 0 radical (unpaired) electrons. The van der Waals surface area contributed by atoms with Gasteiger partial charge in [0.25, 0.3) is 5.91 Å². The summed E-state index contributed by atoms with van der Waals surface area (Å²) in [6.45, 7) is 4.78. The quantitative estimate of drug-likeness (QED) is 0.689. The van der Waals surface area contributed by atoms with Gasteiger partial charge in [-0.1, -0.05) is 19.9 Å². The molecule has 1 aliphatic rings. The molecule has 1 aromatic heterocycles. The summed E-state index contributed by atoms with van der Waals surface area (Å²) >= 11 is 0. The molecule has 1 N–H and O–H groups in total. The third-order valence-electron chi connectivity index (χ3n) is 3.91. The van der Waals surface area contributed by atoms with E-state index in [1.54, 1.807) is 0 Å². The number of ether oxygens (including phenoxy) is 2. The van der Waals surface area contributed by atoms with Gasteiger partial charge in [-0.15, -0.1) is 0 Å². The number of nitrogens with zero attached hydrogens (tertiary/aromatic N) is 1. The van der Waals surface area contributed by atoms with Crippen molar-refractivity contribution in [3.63, 3.8) is 0 Å². The highest BCUT2D eigenvalue weighted by atomic mass is 16.7. The summed E-state index contributed by atoms with van der Waals surface area (Å²) in [5, 5.41) is 13.9. The Labute approximate surface area is 134 Å². The normalized spacial score (nSPS) is 13.0. The predicted octanol–water partition coefficient (Wildman–Crippen LogP) is 1.76. The number of hydrogen-bond donors (Lipinski definition) is 1. The van der Waals surface area contributed by atoms with Gasteiger partial charge in [-0.05, 0) is 17.7 Å². The van der Waals surface area contributed by atoms with Crippen molar-refractivity contribution in [2.24, 2.45) is 0 Å². The van der Waals surface area contributed by atoms with Crippen LogP contribution < -0.4 is 19.5 Å². The molecule has 3 rings (SSSR count). The van der Waals surface area contributed by atoms with Crippen LogP contribution in [0, 0.1) is 5.21 Å². The number of carbonyl (C=O) groups is 1. The Balaban J connectivity index is 1.68. The molecule has 2 aromatic rings. The minimum Gasteiger partial charge on any atom is -0.619 e. The predicted molar refractivity (Wildman–Crippen MR) is 83.3 cm³/mol. The van der Waals surface area contributed by atoms with Crippen molar-refractivity contribution in [3.8, 4) is 11.5 Å². The maximum absolute atomic E-state index is 12.2. The van der Waals surface area contributed by atoms with Crippen molar-refractivity contribution >= 4 is 5.91 Å². The van der Waals surface area contributed by atoms with Gasteiger partial charge in [0.05, 0.1) is 5.56 Å². The molecule has 1 aromatic carbocycles. The van der Waals surface area contributed by atoms with Crippen LogP contribution in [-0.4, -0.2) is 19.2 Å². The Morgan fingerprint density at radius 2 is 1.91 bits per heavy atom. The molecule has 0 unspecified atom stereocenters.